The van der Waals surface area contributed by atoms with Gasteiger partial charge in [-0.05, 0) is 49.6 Å². The largest absolute Gasteiger partial charge is 0.363 e. The number of aryl methyl sites for hydroxylation is 1. The van der Waals surface area contributed by atoms with Crippen molar-refractivity contribution in [1.29, 1.82) is 0 Å². The van der Waals surface area contributed by atoms with Crippen LogP contribution in [0.5, 0.6) is 0 Å². The number of anilines is 1. The normalized spacial score (nSPS) is 11.6. The number of aromatic nitrogens is 2. The van der Waals surface area contributed by atoms with E-state index in [9.17, 15) is 0 Å². The van der Waals surface area contributed by atoms with E-state index in [-0.39, 0.29) is 0 Å². The molecule has 0 amide bonds. The maximum absolute atomic E-state index is 4.69. The van der Waals surface area contributed by atoms with E-state index in [1.165, 1.54) is 22.0 Å². The molecule has 0 aliphatic rings. The monoisotopic (exact) mass is 378 g/mol. The first-order chi connectivity index (χ1) is 13.6. The van der Waals surface area contributed by atoms with Crippen molar-refractivity contribution in [2.45, 2.75) is 26.8 Å². The Labute approximate surface area is 167 Å². The van der Waals surface area contributed by atoms with Gasteiger partial charge in [-0.1, -0.05) is 18.2 Å². The Kier molecular flexibility index (Phi) is 6.53. The van der Waals surface area contributed by atoms with Crippen LogP contribution >= 0.6 is 0 Å². The number of guanidine groups is 1. The van der Waals surface area contributed by atoms with Crippen molar-refractivity contribution in [3.8, 4) is 0 Å². The van der Waals surface area contributed by atoms with Gasteiger partial charge >= 0.3 is 0 Å². The number of aliphatic imine (C=N–C) groups is 1. The van der Waals surface area contributed by atoms with Crippen LogP contribution < -0.4 is 15.5 Å². The van der Waals surface area contributed by atoms with Crippen LogP contribution in [0, 0.1) is 6.92 Å². The summed E-state index contributed by atoms with van der Waals surface area (Å²) in [6, 6.07) is 12.4. The number of nitrogens with one attached hydrogen (secondary N) is 3. The first-order valence-electron chi connectivity index (χ1n) is 9.79. The van der Waals surface area contributed by atoms with Gasteiger partial charge in [0.1, 0.15) is 5.82 Å². The highest BCUT2D eigenvalue weighted by molar-refractivity contribution is 5.86. The average molecular weight is 379 g/mol. The molecule has 3 aromatic rings. The second-order valence-electron chi connectivity index (χ2n) is 7.06. The Hall–Kier alpha value is -3.02. The van der Waals surface area contributed by atoms with E-state index >= 15 is 0 Å². The molecule has 28 heavy (non-hydrogen) atoms. The zero-order valence-electron chi connectivity index (χ0n) is 17.2. The summed E-state index contributed by atoms with van der Waals surface area (Å²) < 4.78 is 0. The minimum atomic E-state index is 0.545. The summed E-state index contributed by atoms with van der Waals surface area (Å²) in [7, 11) is 3.99. The summed E-state index contributed by atoms with van der Waals surface area (Å²) in [6.07, 6.45) is 3.05. The van der Waals surface area contributed by atoms with Crippen LogP contribution in [0.25, 0.3) is 10.9 Å². The molecule has 2 heterocycles. The van der Waals surface area contributed by atoms with E-state index in [1.807, 2.05) is 37.2 Å². The van der Waals surface area contributed by atoms with Crippen molar-refractivity contribution in [3.05, 3.63) is 59.4 Å². The maximum Gasteiger partial charge on any atom is 0.191 e. The molecule has 0 spiro atoms. The molecule has 0 radical (unpaired) electrons. The number of hydrogen-bond acceptors (Lipinski definition) is 3. The standard InChI is InChI=1S/C22H30N6/c1-5-23-22(26-15-18-9-7-11-20(27-18)28(3)4)24-13-12-17-14-25-19-10-6-8-16(2)21(17)19/h6-11,14,25H,5,12-13,15H2,1-4H3,(H2,23,24,26). The molecule has 0 unspecified atom stereocenters. The third kappa shape index (κ3) is 4.82. The van der Waals surface area contributed by atoms with Gasteiger partial charge in [0.15, 0.2) is 5.96 Å². The Balaban J connectivity index is 1.62. The third-order valence-electron chi connectivity index (χ3n) is 4.68. The molecular weight excluding hydrogens is 348 g/mol. The predicted octanol–water partition coefficient (Wildman–Crippen LogP) is 3.24. The lowest BCUT2D eigenvalue weighted by Gasteiger charge is -2.13. The molecule has 0 fully saturated rings. The molecule has 1 aromatic carbocycles. The van der Waals surface area contributed by atoms with Crippen LogP contribution in [0.4, 0.5) is 5.82 Å². The second kappa shape index (κ2) is 9.26. The molecule has 0 aliphatic carbocycles. The molecule has 0 aliphatic heterocycles. The fraction of sp³-hybridized carbons (Fsp3) is 0.364. The number of rotatable bonds is 7. The number of nitrogens with zero attached hydrogens (tertiary/aromatic N) is 3. The van der Waals surface area contributed by atoms with Crippen molar-refractivity contribution in [2.24, 2.45) is 4.99 Å². The minimum absolute atomic E-state index is 0.545. The van der Waals surface area contributed by atoms with Crippen LogP contribution in [-0.2, 0) is 13.0 Å². The number of H-pyrrole nitrogens is 1. The summed E-state index contributed by atoms with van der Waals surface area (Å²) in [5, 5.41) is 8.08. The van der Waals surface area contributed by atoms with Gasteiger partial charge in [0.05, 0.1) is 12.2 Å². The number of pyridine rings is 1. The van der Waals surface area contributed by atoms with Gasteiger partial charge in [0.2, 0.25) is 0 Å². The summed E-state index contributed by atoms with van der Waals surface area (Å²) in [5.74, 6) is 1.76. The second-order valence-corrected chi connectivity index (χ2v) is 7.06. The molecule has 6 nitrogen and oxygen atoms in total. The van der Waals surface area contributed by atoms with Crippen LogP contribution in [-0.4, -0.2) is 43.1 Å². The highest BCUT2D eigenvalue weighted by Gasteiger charge is 2.06. The summed E-state index contributed by atoms with van der Waals surface area (Å²) in [6.45, 7) is 6.42. The summed E-state index contributed by atoms with van der Waals surface area (Å²) >= 11 is 0. The van der Waals surface area contributed by atoms with Gasteiger partial charge in [-0.15, -0.1) is 0 Å². The molecule has 6 heteroatoms. The third-order valence-corrected chi connectivity index (χ3v) is 4.68. The van der Waals surface area contributed by atoms with Gasteiger partial charge in [-0.25, -0.2) is 9.98 Å². The predicted molar refractivity (Wildman–Crippen MR) is 118 cm³/mol. The van der Waals surface area contributed by atoms with Gasteiger partial charge < -0.3 is 20.5 Å². The zero-order valence-corrected chi connectivity index (χ0v) is 17.2. The number of hydrogen-bond donors (Lipinski definition) is 3. The molecule has 0 saturated carbocycles. The van der Waals surface area contributed by atoms with Crippen LogP contribution in [0.1, 0.15) is 23.7 Å². The van der Waals surface area contributed by atoms with E-state index < -0.39 is 0 Å². The Morgan fingerprint density at radius 2 is 1.96 bits per heavy atom. The topological polar surface area (TPSA) is 68.3 Å². The molecular formula is C22H30N6. The minimum Gasteiger partial charge on any atom is -0.363 e. The lowest BCUT2D eigenvalue weighted by Crippen LogP contribution is -2.38. The van der Waals surface area contributed by atoms with E-state index in [0.717, 1.165) is 37.0 Å². The maximum atomic E-state index is 4.69. The van der Waals surface area contributed by atoms with Crippen molar-refractivity contribution in [1.82, 2.24) is 20.6 Å². The van der Waals surface area contributed by atoms with Crippen molar-refractivity contribution >= 4 is 22.7 Å². The Morgan fingerprint density at radius 3 is 2.75 bits per heavy atom. The molecule has 0 atom stereocenters. The quantitative estimate of drug-likeness (QED) is 0.436. The van der Waals surface area contributed by atoms with Crippen LogP contribution in [0.3, 0.4) is 0 Å². The summed E-state index contributed by atoms with van der Waals surface area (Å²) in [4.78, 5) is 14.7. The first kappa shape index (κ1) is 19.7. The Morgan fingerprint density at radius 1 is 1.14 bits per heavy atom. The van der Waals surface area contributed by atoms with E-state index in [4.69, 9.17) is 0 Å². The van der Waals surface area contributed by atoms with Gasteiger partial charge in [-0.2, -0.15) is 0 Å². The number of fused-ring (bicyclic) bond motifs is 1. The smallest absolute Gasteiger partial charge is 0.191 e. The SMILES string of the molecule is CCNC(=NCc1cccc(N(C)C)n1)NCCc1c[nH]c2cccc(C)c12. The highest BCUT2D eigenvalue weighted by Crippen LogP contribution is 2.22. The van der Waals surface area contributed by atoms with Gasteiger partial charge in [0, 0.05) is 44.3 Å². The van der Waals surface area contributed by atoms with Gasteiger partial charge in [0.25, 0.3) is 0 Å². The fourth-order valence-corrected chi connectivity index (χ4v) is 3.27. The molecule has 3 N–H and O–H groups in total. The van der Waals surface area contributed by atoms with Crippen LogP contribution in [0.2, 0.25) is 0 Å². The van der Waals surface area contributed by atoms with Crippen molar-refractivity contribution < 1.29 is 0 Å². The number of benzene rings is 1. The average Bonchev–Trinajstić information content (AvgIpc) is 3.11. The molecule has 0 saturated heterocycles. The lowest BCUT2D eigenvalue weighted by molar-refractivity contribution is 0.798. The molecule has 2 aromatic heterocycles. The van der Waals surface area contributed by atoms with E-state index in [2.05, 4.69) is 63.8 Å². The highest BCUT2D eigenvalue weighted by atomic mass is 15.2. The molecule has 148 valence electrons. The fourth-order valence-electron chi connectivity index (χ4n) is 3.27. The van der Waals surface area contributed by atoms with E-state index in [0.29, 0.717) is 6.54 Å². The Bertz CT molecular complexity index is 941. The van der Waals surface area contributed by atoms with Gasteiger partial charge in [-0.3, -0.25) is 0 Å². The zero-order chi connectivity index (χ0) is 19.9. The molecule has 3 rings (SSSR count). The van der Waals surface area contributed by atoms with Crippen molar-refractivity contribution in [3.63, 3.8) is 0 Å². The van der Waals surface area contributed by atoms with E-state index in [1.54, 1.807) is 0 Å². The van der Waals surface area contributed by atoms with Crippen LogP contribution in [0.15, 0.2) is 47.6 Å². The number of aromatic amines is 1. The molecule has 0 bridgehead atoms. The van der Waals surface area contributed by atoms with Crippen molar-refractivity contribution in [2.75, 3.05) is 32.1 Å². The first-order valence-corrected chi connectivity index (χ1v) is 9.79. The lowest BCUT2D eigenvalue weighted by atomic mass is 10.1. The summed E-state index contributed by atoms with van der Waals surface area (Å²) in [5.41, 5.74) is 4.79.